The van der Waals surface area contributed by atoms with Crippen LogP contribution in [0.15, 0.2) is 36.7 Å². The molecule has 1 heterocycles. The SMILES string of the molecule is Cc1cnc(CNC(=O)c2cccc(C#CCO)c2)cn1. The number of nitrogens with one attached hydrogen (secondary N) is 1. The van der Waals surface area contributed by atoms with Gasteiger partial charge in [0.15, 0.2) is 0 Å². The zero-order valence-corrected chi connectivity index (χ0v) is 11.6. The molecule has 0 bridgehead atoms. The Hall–Kier alpha value is -2.71. The summed E-state index contributed by atoms with van der Waals surface area (Å²) in [6, 6.07) is 6.92. The smallest absolute Gasteiger partial charge is 0.251 e. The Balaban J connectivity index is 2.01. The topological polar surface area (TPSA) is 75.1 Å². The number of aliphatic hydroxyl groups excluding tert-OH is 1. The molecule has 2 N–H and O–H groups in total. The Labute approximate surface area is 123 Å². The van der Waals surface area contributed by atoms with E-state index in [9.17, 15) is 4.79 Å². The van der Waals surface area contributed by atoms with Crippen molar-refractivity contribution in [2.75, 3.05) is 6.61 Å². The predicted octanol–water partition coefficient (Wildman–Crippen LogP) is 1.06. The molecule has 0 unspecified atom stereocenters. The highest BCUT2D eigenvalue weighted by Crippen LogP contribution is 2.04. The minimum atomic E-state index is -0.206. The molecule has 2 aromatic rings. The van der Waals surface area contributed by atoms with E-state index < -0.39 is 0 Å². The molecule has 1 aromatic carbocycles. The second-order valence-electron chi connectivity index (χ2n) is 4.37. The summed E-state index contributed by atoms with van der Waals surface area (Å²) >= 11 is 0. The Morgan fingerprint density at radius 3 is 2.90 bits per heavy atom. The van der Waals surface area contributed by atoms with Crippen molar-refractivity contribution in [1.29, 1.82) is 0 Å². The van der Waals surface area contributed by atoms with Crippen LogP contribution in [0.3, 0.4) is 0 Å². The number of nitrogens with zero attached hydrogens (tertiary/aromatic N) is 2. The molecule has 0 spiro atoms. The number of aryl methyl sites for hydroxylation is 1. The summed E-state index contributed by atoms with van der Waals surface area (Å²) in [6.07, 6.45) is 3.30. The lowest BCUT2D eigenvalue weighted by atomic mass is 10.1. The molecule has 1 aromatic heterocycles. The van der Waals surface area contributed by atoms with Crippen molar-refractivity contribution in [2.45, 2.75) is 13.5 Å². The Morgan fingerprint density at radius 2 is 2.19 bits per heavy atom. The van der Waals surface area contributed by atoms with Gasteiger partial charge in [-0.1, -0.05) is 17.9 Å². The van der Waals surface area contributed by atoms with Crippen LogP contribution in [0, 0.1) is 18.8 Å². The van der Waals surface area contributed by atoms with Crippen LogP contribution in [0.1, 0.15) is 27.3 Å². The number of carbonyl (C=O) groups excluding carboxylic acids is 1. The molecule has 5 nitrogen and oxygen atoms in total. The molecule has 0 atom stereocenters. The summed E-state index contributed by atoms with van der Waals surface area (Å²) in [4.78, 5) is 20.4. The van der Waals surface area contributed by atoms with E-state index >= 15 is 0 Å². The minimum Gasteiger partial charge on any atom is -0.384 e. The summed E-state index contributed by atoms with van der Waals surface area (Å²) in [7, 11) is 0. The highest BCUT2D eigenvalue weighted by Gasteiger charge is 2.06. The van der Waals surface area contributed by atoms with Gasteiger partial charge in [0.2, 0.25) is 0 Å². The molecule has 0 fully saturated rings. The van der Waals surface area contributed by atoms with Crippen molar-refractivity contribution in [3.63, 3.8) is 0 Å². The van der Waals surface area contributed by atoms with Gasteiger partial charge in [0, 0.05) is 17.3 Å². The Bertz CT molecular complexity index is 685. The quantitative estimate of drug-likeness (QED) is 0.825. The number of hydrogen-bond donors (Lipinski definition) is 2. The van der Waals surface area contributed by atoms with E-state index in [1.165, 1.54) is 0 Å². The number of hydrogen-bond acceptors (Lipinski definition) is 4. The molecular formula is C16H15N3O2. The fourth-order valence-electron chi connectivity index (χ4n) is 1.66. The second-order valence-corrected chi connectivity index (χ2v) is 4.37. The number of amides is 1. The molecule has 5 heteroatoms. The van der Waals surface area contributed by atoms with E-state index in [-0.39, 0.29) is 12.5 Å². The first-order valence-electron chi connectivity index (χ1n) is 6.44. The number of aliphatic hydroxyl groups is 1. The first-order chi connectivity index (χ1) is 10.2. The molecule has 0 saturated carbocycles. The number of carbonyl (C=O) groups is 1. The first-order valence-corrected chi connectivity index (χ1v) is 6.44. The van der Waals surface area contributed by atoms with E-state index in [2.05, 4.69) is 27.1 Å². The van der Waals surface area contributed by atoms with Crippen molar-refractivity contribution in [3.8, 4) is 11.8 Å². The van der Waals surface area contributed by atoms with Gasteiger partial charge >= 0.3 is 0 Å². The Morgan fingerprint density at radius 1 is 1.33 bits per heavy atom. The molecule has 0 saturated heterocycles. The lowest BCUT2D eigenvalue weighted by Crippen LogP contribution is -2.23. The van der Waals surface area contributed by atoms with E-state index in [1.807, 2.05) is 6.92 Å². The average molecular weight is 281 g/mol. The van der Waals surface area contributed by atoms with Gasteiger partial charge in [-0.3, -0.25) is 14.8 Å². The van der Waals surface area contributed by atoms with E-state index in [0.29, 0.717) is 23.4 Å². The van der Waals surface area contributed by atoms with Crippen molar-refractivity contribution in [3.05, 3.63) is 59.2 Å². The maximum atomic E-state index is 12.1. The third kappa shape index (κ3) is 4.41. The zero-order chi connectivity index (χ0) is 15.1. The fourth-order valence-corrected chi connectivity index (χ4v) is 1.66. The summed E-state index contributed by atoms with van der Waals surface area (Å²) in [5.74, 6) is 5.11. The Kier molecular flexibility index (Phi) is 5.02. The summed E-state index contributed by atoms with van der Waals surface area (Å²) in [5.41, 5.74) is 2.73. The standard InChI is InChI=1S/C16H15N3O2/c1-12-9-18-15(10-17-12)11-19-16(21)14-6-2-4-13(8-14)5-3-7-20/h2,4,6,8-10,20H,7,11H2,1H3,(H,19,21). The van der Waals surface area contributed by atoms with Crippen molar-refractivity contribution in [2.24, 2.45) is 0 Å². The molecule has 0 aliphatic heterocycles. The van der Waals surface area contributed by atoms with Gasteiger partial charge in [-0.05, 0) is 25.1 Å². The van der Waals surface area contributed by atoms with Crippen LogP contribution < -0.4 is 5.32 Å². The van der Waals surface area contributed by atoms with Gasteiger partial charge in [-0.2, -0.15) is 0 Å². The van der Waals surface area contributed by atoms with E-state index in [1.54, 1.807) is 36.7 Å². The van der Waals surface area contributed by atoms with Gasteiger partial charge in [-0.15, -0.1) is 0 Å². The van der Waals surface area contributed by atoms with Crippen molar-refractivity contribution < 1.29 is 9.90 Å². The molecular weight excluding hydrogens is 266 g/mol. The summed E-state index contributed by atoms with van der Waals surface area (Å²) in [6.45, 7) is 1.97. The highest BCUT2D eigenvalue weighted by atomic mass is 16.2. The maximum absolute atomic E-state index is 12.1. The monoisotopic (exact) mass is 281 g/mol. The van der Waals surface area contributed by atoms with Gasteiger partial charge in [0.05, 0.1) is 24.1 Å². The maximum Gasteiger partial charge on any atom is 0.251 e. The summed E-state index contributed by atoms with van der Waals surface area (Å²) in [5, 5.41) is 11.4. The third-order valence-electron chi connectivity index (χ3n) is 2.70. The lowest BCUT2D eigenvalue weighted by molar-refractivity contribution is 0.0950. The average Bonchev–Trinajstić information content (AvgIpc) is 2.52. The molecule has 21 heavy (non-hydrogen) atoms. The fraction of sp³-hybridized carbons (Fsp3) is 0.188. The third-order valence-corrected chi connectivity index (χ3v) is 2.70. The second kappa shape index (κ2) is 7.17. The zero-order valence-electron chi connectivity index (χ0n) is 11.6. The van der Waals surface area contributed by atoms with E-state index in [0.717, 1.165) is 5.69 Å². The largest absolute Gasteiger partial charge is 0.384 e. The van der Waals surface area contributed by atoms with Crippen LogP contribution in [0.5, 0.6) is 0 Å². The van der Waals surface area contributed by atoms with Gasteiger partial charge < -0.3 is 10.4 Å². The molecule has 106 valence electrons. The van der Waals surface area contributed by atoms with Gasteiger partial charge in [-0.25, -0.2) is 0 Å². The number of aromatic nitrogens is 2. The van der Waals surface area contributed by atoms with Crippen LogP contribution in [-0.2, 0) is 6.54 Å². The number of rotatable bonds is 3. The van der Waals surface area contributed by atoms with Crippen LogP contribution in [-0.4, -0.2) is 27.6 Å². The molecule has 0 aliphatic carbocycles. The van der Waals surface area contributed by atoms with Crippen LogP contribution in [0.2, 0.25) is 0 Å². The summed E-state index contributed by atoms with van der Waals surface area (Å²) < 4.78 is 0. The minimum absolute atomic E-state index is 0.204. The van der Waals surface area contributed by atoms with E-state index in [4.69, 9.17) is 5.11 Å². The molecule has 0 radical (unpaired) electrons. The van der Waals surface area contributed by atoms with Crippen LogP contribution in [0.25, 0.3) is 0 Å². The van der Waals surface area contributed by atoms with Gasteiger partial charge in [0.25, 0.3) is 5.91 Å². The normalized spacial score (nSPS) is 9.62. The lowest BCUT2D eigenvalue weighted by Gasteiger charge is -2.05. The predicted molar refractivity (Wildman–Crippen MR) is 78.3 cm³/mol. The van der Waals surface area contributed by atoms with Crippen LogP contribution >= 0.6 is 0 Å². The highest BCUT2D eigenvalue weighted by molar-refractivity contribution is 5.94. The molecule has 2 rings (SSSR count). The number of benzene rings is 1. The van der Waals surface area contributed by atoms with Gasteiger partial charge in [0.1, 0.15) is 6.61 Å². The van der Waals surface area contributed by atoms with Crippen LogP contribution in [0.4, 0.5) is 0 Å². The molecule has 0 aliphatic rings. The first kappa shape index (κ1) is 14.7. The van der Waals surface area contributed by atoms with Crippen molar-refractivity contribution >= 4 is 5.91 Å². The van der Waals surface area contributed by atoms with Crippen molar-refractivity contribution in [1.82, 2.24) is 15.3 Å². The molecule has 1 amide bonds.